The van der Waals surface area contributed by atoms with Gasteiger partial charge in [0.1, 0.15) is 12.0 Å². The van der Waals surface area contributed by atoms with Crippen molar-refractivity contribution in [1.82, 2.24) is 10.1 Å². The maximum Gasteiger partial charge on any atom is 0.318 e. The third kappa shape index (κ3) is 3.34. The molecule has 1 fully saturated rings. The third-order valence-electron chi connectivity index (χ3n) is 3.03. The van der Waals surface area contributed by atoms with Crippen molar-refractivity contribution in [3.63, 3.8) is 0 Å². The van der Waals surface area contributed by atoms with Gasteiger partial charge in [0.05, 0.1) is 26.4 Å². The molecule has 112 valence electrons. The van der Waals surface area contributed by atoms with Crippen LogP contribution in [0.3, 0.4) is 0 Å². The summed E-state index contributed by atoms with van der Waals surface area (Å²) in [5.41, 5.74) is 0. The Morgan fingerprint density at radius 1 is 1.45 bits per heavy atom. The molecule has 20 heavy (non-hydrogen) atoms. The molecule has 2 heterocycles. The second kappa shape index (κ2) is 6.81. The highest BCUT2D eigenvalue weighted by atomic mass is 16.6. The standard InChI is InChI=1S/C13H20N2O5/c1-4-18-13(16)10(8(2)3)12-14-11(15-20-12)9-7-17-5-6-19-9/h8-10H,4-7H2,1-3H3. The van der Waals surface area contributed by atoms with Crippen LogP contribution in [0, 0.1) is 5.92 Å². The number of hydrogen-bond acceptors (Lipinski definition) is 7. The third-order valence-corrected chi connectivity index (χ3v) is 3.03. The van der Waals surface area contributed by atoms with Crippen molar-refractivity contribution in [3.8, 4) is 0 Å². The Bertz CT molecular complexity index is 440. The summed E-state index contributed by atoms with van der Waals surface area (Å²) in [6.07, 6.45) is -0.337. The predicted octanol–water partition coefficient (Wildman–Crippen LogP) is 1.46. The van der Waals surface area contributed by atoms with E-state index in [4.69, 9.17) is 18.7 Å². The summed E-state index contributed by atoms with van der Waals surface area (Å²) < 4.78 is 21.1. The summed E-state index contributed by atoms with van der Waals surface area (Å²) in [5.74, 6) is -0.220. The van der Waals surface area contributed by atoms with E-state index in [0.29, 0.717) is 32.3 Å². The molecule has 7 nitrogen and oxygen atoms in total. The van der Waals surface area contributed by atoms with Crippen LogP contribution in [-0.4, -0.2) is 42.5 Å². The Hall–Kier alpha value is -1.47. The van der Waals surface area contributed by atoms with Crippen molar-refractivity contribution in [3.05, 3.63) is 11.7 Å². The van der Waals surface area contributed by atoms with Crippen molar-refractivity contribution in [2.24, 2.45) is 5.92 Å². The second-order valence-electron chi connectivity index (χ2n) is 4.90. The van der Waals surface area contributed by atoms with Gasteiger partial charge in [0, 0.05) is 0 Å². The van der Waals surface area contributed by atoms with Crippen molar-refractivity contribution < 1.29 is 23.5 Å². The fraction of sp³-hybridized carbons (Fsp3) is 0.769. The monoisotopic (exact) mass is 284 g/mol. The molecule has 2 rings (SSSR count). The van der Waals surface area contributed by atoms with Crippen LogP contribution >= 0.6 is 0 Å². The van der Waals surface area contributed by atoms with Gasteiger partial charge in [-0.1, -0.05) is 19.0 Å². The molecule has 0 aromatic carbocycles. The normalized spacial score (nSPS) is 20.9. The number of rotatable bonds is 5. The fourth-order valence-corrected chi connectivity index (χ4v) is 2.03. The molecule has 2 unspecified atom stereocenters. The van der Waals surface area contributed by atoms with E-state index in [1.54, 1.807) is 6.92 Å². The Kier molecular flexibility index (Phi) is 5.08. The van der Waals surface area contributed by atoms with Gasteiger partial charge >= 0.3 is 5.97 Å². The zero-order valence-electron chi connectivity index (χ0n) is 12.0. The summed E-state index contributed by atoms with van der Waals surface area (Å²) in [6, 6.07) is 0. The zero-order chi connectivity index (χ0) is 14.5. The van der Waals surface area contributed by atoms with Gasteiger partial charge in [0.15, 0.2) is 0 Å². The van der Waals surface area contributed by atoms with Gasteiger partial charge in [-0.2, -0.15) is 4.98 Å². The molecule has 0 saturated carbocycles. The number of carbonyl (C=O) groups is 1. The molecule has 0 amide bonds. The average molecular weight is 284 g/mol. The Morgan fingerprint density at radius 2 is 2.25 bits per heavy atom. The van der Waals surface area contributed by atoms with Crippen molar-refractivity contribution in [2.75, 3.05) is 26.4 Å². The summed E-state index contributed by atoms with van der Waals surface area (Å²) in [7, 11) is 0. The molecule has 0 spiro atoms. The van der Waals surface area contributed by atoms with E-state index in [-0.39, 0.29) is 23.9 Å². The van der Waals surface area contributed by atoms with Crippen LogP contribution in [-0.2, 0) is 19.0 Å². The van der Waals surface area contributed by atoms with E-state index in [2.05, 4.69) is 10.1 Å². The Labute approximate surface area is 117 Å². The first-order chi connectivity index (χ1) is 9.63. The van der Waals surface area contributed by atoms with Crippen LogP contribution in [0.1, 0.15) is 44.5 Å². The molecule has 1 aliphatic rings. The number of ether oxygens (including phenoxy) is 3. The van der Waals surface area contributed by atoms with Crippen molar-refractivity contribution in [1.29, 1.82) is 0 Å². The lowest BCUT2D eigenvalue weighted by molar-refractivity contribution is -0.146. The average Bonchev–Trinajstić information content (AvgIpc) is 2.89. The second-order valence-corrected chi connectivity index (χ2v) is 4.90. The van der Waals surface area contributed by atoms with Gasteiger partial charge in [0.25, 0.3) is 0 Å². The lowest BCUT2D eigenvalue weighted by Crippen LogP contribution is -2.23. The Morgan fingerprint density at radius 3 is 2.85 bits per heavy atom. The van der Waals surface area contributed by atoms with Gasteiger partial charge in [0.2, 0.25) is 11.7 Å². The topological polar surface area (TPSA) is 83.7 Å². The minimum atomic E-state index is -0.555. The van der Waals surface area contributed by atoms with E-state index in [1.807, 2.05) is 13.8 Å². The number of aromatic nitrogens is 2. The zero-order valence-corrected chi connectivity index (χ0v) is 12.0. The summed E-state index contributed by atoms with van der Waals surface area (Å²) in [6.45, 7) is 7.37. The molecule has 0 aliphatic carbocycles. The van der Waals surface area contributed by atoms with E-state index in [9.17, 15) is 4.79 Å². The molecule has 1 aromatic heterocycles. The largest absolute Gasteiger partial charge is 0.465 e. The quantitative estimate of drug-likeness (QED) is 0.757. The van der Waals surface area contributed by atoms with Crippen molar-refractivity contribution in [2.45, 2.75) is 32.8 Å². The number of esters is 1. The van der Waals surface area contributed by atoms with Crippen molar-refractivity contribution >= 4 is 5.97 Å². The van der Waals surface area contributed by atoms with Gasteiger partial charge in [-0.15, -0.1) is 0 Å². The molecule has 1 aromatic rings. The van der Waals surface area contributed by atoms with Crippen LogP contribution in [0.15, 0.2) is 4.52 Å². The molecule has 0 bridgehead atoms. The van der Waals surface area contributed by atoms with Crippen LogP contribution < -0.4 is 0 Å². The van der Waals surface area contributed by atoms with Gasteiger partial charge in [-0.25, -0.2) is 0 Å². The lowest BCUT2D eigenvalue weighted by Gasteiger charge is -2.19. The maximum atomic E-state index is 12.0. The van der Waals surface area contributed by atoms with Gasteiger partial charge in [-0.3, -0.25) is 4.79 Å². The van der Waals surface area contributed by atoms with Crippen LogP contribution in [0.4, 0.5) is 0 Å². The smallest absolute Gasteiger partial charge is 0.318 e. The van der Waals surface area contributed by atoms with Gasteiger partial charge in [-0.05, 0) is 12.8 Å². The first-order valence-electron chi connectivity index (χ1n) is 6.83. The lowest BCUT2D eigenvalue weighted by atomic mass is 9.96. The number of nitrogens with zero attached hydrogens (tertiary/aromatic N) is 2. The Balaban J connectivity index is 2.13. The summed E-state index contributed by atoms with van der Waals surface area (Å²) in [5, 5.41) is 3.89. The number of carbonyl (C=O) groups excluding carboxylic acids is 1. The van der Waals surface area contributed by atoms with E-state index in [1.165, 1.54) is 0 Å². The number of hydrogen-bond donors (Lipinski definition) is 0. The van der Waals surface area contributed by atoms with Gasteiger partial charge < -0.3 is 18.7 Å². The van der Waals surface area contributed by atoms with Crippen LogP contribution in [0.25, 0.3) is 0 Å². The first kappa shape index (κ1) is 14.9. The van der Waals surface area contributed by atoms with E-state index >= 15 is 0 Å². The highest BCUT2D eigenvalue weighted by molar-refractivity contribution is 5.77. The predicted molar refractivity (Wildman–Crippen MR) is 68.0 cm³/mol. The van der Waals surface area contributed by atoms with E-state index < -0.39 is 5.92 Å². The molecule has 7 heteroatoms. The SMILES string of the molecule is CCOC(=O)C(c1nc(C2COCCO2)no1)C(C)C. The summed E-state index contributed by atoms with van der Waals surface area (Å²) in [4.78, 5) is 16.2. The highest BCUT2D eigenvalue weighted by Crippen LogP contribution is 2.26. The fourth-order valence-electron chi connectivity index (χ4n) is 2.03. The molecule has 1 aliphatic heterocycles. The van der Waals surface area contributed by atoms with E-state index in [0.717, 1.165) is 0 Å². The molecule has 1 saturated heterocycles. The van der Waals surface area contributed by atoms with Crippen LogP contribution in [0.5, 0.6) is 0 Å². The maximum absolute atomic E-state index is 12.0. The molecular weight excluding hydrogens is 264 g/mol. The molecular formula is C13H20N2O5. The summed E-state index contributed by atoms with van der Waals surface area (Å²) >= 11 is 0. The molecule has 0 N–H and O–H groups in total. The minimum absolute atomic E-state index is 0.00544. The minimum Gasteiger partial charge on any atom is -0.465 e. The van der Waals surface area contributed by atoms with Crippen LogP contribution in [0.2, 0.25) is 0 Å². The highest BCUT2D eigenvalue weighted by Gasteiger charge is 2.33. The molecule has 2 atom stereocenters. The first-order valence-corrected chi connectivity index (χ1v) is 6.83. The molecule has 0 radical (unpaired) electrons.